The van der Waals surface area contributed by atoms with E-state index in [-0.39, 0.29) is 5.91 Å². The monoisotopic (exact) mass is 264 g/mol. The normalized spacial score (nSPS) is 15.9. The lowest BCUT2D eigenvalue weighted by Gasteiger charge is -2.28. The topological polar surface area (TPSA) is 64.2 Å². The van der Waals surface area contributed by atoms with Gasteiger partial charge in [0.25, 0.3) is 5.91 Å². The predicted octanol–water partition coefficient (Wildman–Crippen LogP) is 1.46. The second kappa shape index (κ2) is 6.19. The Morgan fingerprint density at radius 2 is 2.21 bits per heavy atom. The van der Waals surface area contributed by atoms with Gasteiger partial charge in [0.05, 0.1) is 11.3 Å². The zero-order valence-electron chi connectivity index (χ0n) is 11.9. The number of aryl methyl sites for hydroxylation is 2. The SMILES string of the molecule is Cc1nn(C)cc1C(=O)N(CCCN)C1CCCC1. The number of carbonyl (C=O) groups is 1. The molecule has 2 N–H and O–H groups in total. The molecule has 1 saturated carbocycles. The van der Waals surface area contributed by atoms with Crippen molar-refractivity contribution in [1.82, 2.24) is 14.7 Å². The Hall–Kier alpha value is -1.36. The van der Waals surface area contributed by atoms with Gasteiger partial charge in [0.2, 0.25) is 0 Å². The van der Waals surface area contributed by atoms with Gasteiger partial charge in [-0.15, -0.1) is 0 Å². The van der Waals surface area contributed by atoms with Gasteiger partial charge in [0, 0.05) is 25.8 Å². The van der Waals surface area contributed by atoms with Gasteiger partial charge in [-0.2, -0.15) is 5.10 Å². The summed E-state index contributed by atoms with van der Waals surface area (Å²) >= 11 is 0. The second-order valence-corrected chi connectivity index (χ2v) is 5.38. The van der Waals surface area contributed by atoms with E-state index < -0.39 is 0 Å². The standard InChI is InChI=1S/C14H24N4O/c1-11-13(10-17(2)16-11)14(19)18(9-5-8-15)12-6-3-4-7-12/h10,12H,3-9,15H2,1-2H3. The van der Waals surface area contributed by atoms with Gasteiger partial charge in [-0.05, 0) is 32.7 Å². The van der Waals surface area contributed by atoms with Crippen LogP contribution >= 0.6 is 0 Å². The molecule has 1 aromatic rings. The largest absolute Gasteiger partial charge is 0.336 e. The van der Waals surface area contributed by atoms with Gasteiger partial charge in [-0.1, -0.05) is 12.8 Å². The number of nitrogens with two attached hydrogens (primary N) is 1. The summed E-state index contributed by atoms with van der Waals surface area (Å²) in [5, 5.41) is 4.27. The van der Waals surface area contributed by atoms with E-state index in [4.69, 9.17) is 5.73 Å². The van der Waals surface area contributed by atoms with E-state index in [1.54, 1.807) is 4.68 Å². The average molecular weight is 264 g/mol. The molecule has 1 heterocycles. The minimum Gasteiger partial charge on any atom is -0.336 e. The number of hydrogen-bond acceptors (Lipinski definition) is 3. The van der Waals surface area contributed by atoms with Crippen LogP contribution in [-0.2, 0) is 7.05 Å². The Labute approximate surface area is 114 Å². The third kappa shape index (κ3) is 3.15. The van der Waals surface area contributed by atoms with Crippen LogP contribution in [0.3, 0.4) is 0 Å². The summed E-state index contributed by atoms with van der Waals surface area (Å²) in [6.45, 7) is 3.28. The molecule has 0 radical (unpaired) electrons. The summed E-state index contributed by atoms with van der Waals surface area (Å²) in [5.41, 5.74) is 7.13. The lowest BCUT2D eigenvalue weighted by molar-refractivity contribution is 0.0679. The quantitative estimate of drug-likeness (QED) is 0.875. The molecule has 0 spiro atoms. The van der Waals surface area contributed by atoms with Gasteiger partial charge in [0.15, 0.2) is 0 Å². The molecule has 1 aliphatic rings. The number of nitrogens with zero attached hydrogens (tertiary/aromatic N) is 3. The highest BCUT2D eigenvalue weighted by molar-refractivity contribution is 5.95. The first-order valence-corrected chi connectivity index (χ1v) is 7.14. The fourth-order valence-electron chi connectivity index (χ4n) is 2.89. The fraction of sp³-hybridized carbons (Fsp3) is 0.714. The maximum atomic E-state index is 12.7. The molecule has 1 aromatic heterocycles. The number of rotatable bonds is 5. The van der Waals surface area contributed by atoms with E-state index in [1.807, 2.05) is 25.1 Å². The molecular formula is C14H24N4O. The summed E-state index contributed by atoms with van der Waals surface area (Å²) < 4.78 is 1.71. The molecule has 0 bridgehead atoms. The minimum atomic E-state index is 0.117. The first-order valence-electron chi connectivity index (χ1n) is 7.14. The summed E-state index contributed by atoms with van der Waals surface area (Å²) in [6, 6.07) is 0.388. The smallest absolute Gasteiger partial charge is 0.257 e. The van der Waals surface area contributed by atoms with Crippen LogP contribution in [0.15, 0.2) is 6.20 Å². The van der Waals surface area contributed by atoms with Crippen LogP contribution < -0.4 is 5.73 Å². The summed E-state index contributed by atoms with van der Waals surface area (Å²) in [5.74, 6) is 0.117. The third-order valence-corrected chi connectivity index (χ3v) is 3.87. The summed E-state index contributed by atoms with van der Waals surface area (Å²) in [4.78, 5) is 14.7. The molecule has 1 amide bonds. The van der Waals surface area contributed by atoms with Crippen molar-refractivity contribution in [1.29, 1.82) is 0 Å². The molecule has 106 valence electrons. The van der Waals surface area contributed by atoms with Crippen LogP contribution in [-0.4, -0.2) is 39.7 Å². The molecule has 0 atom stereocenters. The van der Waals surface area contributed by atoms with Gasteiger partial charge in [-0.3, -0.25) is 9.48 Å². The van der Waals surface area contributed by atoms with Gasteiger partial charge >= 0.3 is 0 Å². The fourth-order valence-corrected chi connectivity index (χ4v) is 2.89. The lowest BCUT2D eigenvalue weighted by atomic mass is 10.1. The van der Waals surface area contributed by atoms with E-state index >= 15 is 0 Å². The molecule has 0 unspecified atom stereocenters. The van der Waals surface area contributed by atoms with E-state index in [2.05, 4.69) is 5.10 Å². The first-order chi connectivity index (χ1) is 9.13. The molecule has 5 nitrogen and oxygen atoms in total. The maximum Gasteiger partial charge on any atom is 0.257 e. The minimum absolute atomic E-state index is 0.117. The predicted molar refractivity (Wildman–Crippen MR) is 74.9 cm³/mol. The van der Waals surface area contributed by atoms with Crippen molar-refractivity contribution >= 4 is 5.91 Å². The molecule has 0 aliphatic heterocycles. The number of amides is 1. The molecule has 1 aliphatic carbocycles. The van der Waals surface area contributed by atoms with Crippen molar-refractivity contribution < 1.29 is 4.79 Å². The zero-order valence-corrected chi connectivity index (χ0v) is 11.9. The van der Waals surface area contributed by atoms with Crippen LogP contribution in [0.5, 0.6) is 0 Å². The van der Waals surface area contributed by atoms with E-state index in [0.717, 1.165) is 37.1 Å². The molecule has 0 aromatic carbocycles. The number of carbonyl (C=O) groups excluding carboxylic acids is 1. The highest BCUT2D eigenvalue weighted by Gasteiger charge is 2.28. The van der Waals surface area contributed by atoms with Crippen LogP contribution in [0.25, 0.3) is 0 Å². The van der Waals surface area contributed by atoms with Crippen LogP contribution in [0, 0.1) is 6.92 Å². The Kier molecular flexibility index (Phi) is 4.58. The molecule has 0 saturated heterocycles. The van der Waals surface area contributed by atoms with Crippen molar-refractivity contribution in [2.45, 2.75) is 45.1 Å². The molecule has 2 rings (SSSR count). The van der Waals surface area contributed by atoms with Crippen molar-refractivity contribution in [2.75, 3.05) is 13.1 Å². The Balaban J connectivity index is 2.16. The Morgan fingerprint density at radius 3 is 2.74 bits per heavy atom. The number of hydrogen-bond donors (Lipinski definition) is 1. The molecule has 5 heteroatoms. The van der Waals surface area contributed by atoms with Crippen LogP contribution in [0.2, 0.25) is 0 Å². The maximum absolute atomic E-state index is 12.7. The number of aromatic nitrogens is 2. The van der Waals surface area contributed by atoms with Crippen molar-refractivity contribution in [3.05, 3.63) is 17.5 Å². The summed E-state index contributed by atoms with van der Waals surface area (Å²) in [6.07, 6.45) is 7.38. The van der Waals surface area contributed by atoms with E-state index in [0.29, 0.717) is 12.6 Å². The van der Waals surface area contributed by atoms with Crippen LogP contribution in [0.4, 0.5) is 0 Å². The third-order valence-electron chi connectivity index (χ3n) is 3.87. The molecule has 1 fully saturated rings. The van der Waals surface area contributed by atoms with Gasteiger partial charge in [0.1, 0.15) is 0 Å². The highest BCUT2D eigenvalue weighted by atomic mass is 16.2. The molecule has 19 heavy (non-hydrogen) atoms. The van der Waals surface area contributed by atoms with E-state index in [1.165, 1.54) is 12.8 Å². The van der Waals surface area contributed by atoms with Gasteiger partial charge < -0.3 is 10.6 Å². The average Bonchev–Trinajstić information content (AvgIpc) is 2.99. The first kappa shape index (κ1) is 14.1. The summed E-state index contributed by atoms with van der Waals surface area (Å²) in [7, 11) is 1.85. The molecular weight excluding hydrogens is 240 g/mol. The second-order valence-electron chi connectivity index (χ2n) is 5.38. The van der Waals surface area contributed by atoms with E-state index in [9.17, 15) is 4.79 Å². The highest BCUT2D eigenvalue weighted by Crippen LogP contribution is 2.25. The van der Waals surface area contributed by atoms with Crippen molar-refractivity contribution in [3.63, 3.8) is 0 Å². The van der Waals surface area contributed by atoms with Crippen molar-refractivity contribution in [2.24, 2.45) is 12.8 Å². The Morgan fingerprint density at radius 1 is 1.53 bits per heavy atom. The van der Waals surface area contributed by atoms with Crippen LogP contribution in [0.1, 0.15) is 48.2 Å². The van der Waals surface area contributed by atoms with Gasteiger partial charge in [-0.25, -0.2) is 0 Å². The zero-order chi connectivity index (χ0) is 13.8. The Bertz CT molecular complexity index is 435. The van der Waals surface area contributed by atoms with Crippen molar-refractivity contribution in [3.8, 4) is 0 Å². The lowest BCUT2D eigenvalue weighted by Crippen LogP contribution is -2.40.